The largest absolute Gasteiger partial charge is 0.414 e. The van der Waals surface area contributed by atoms with Crippen LogP contribution in [0, 0.1) is 6.92 Å². The number of nitrogens with one attached hydrogen (secondary N) is 1. The molecule has 2 aromatic heterocycles. The second-order valence-electron chi connectivity index (χ2n) is 16.3. The molecule has 3 heterocycles. The third-order valence-electron chi connectivity index (χ3n) is 10.00. The lowest BCUT2D eigenvalue weighted by atomic mass is 10.1. The molecular formula is C29H56N4O5Si3. The Morgan fingerprint density at radius 1 is 0.854 bits per heavy atom. The van der Waals surface area contributed by atoms with Crippen molar-refractivity contribution in [3.63, 3.8) is 0 Å². The highest BCUT2D eigenvalue weighted by atomic mass is 28.4. The molecule has 3 rings (SSSR count). The topological polar surface area (TPSA) is 100 Å². The summed E-state index contributed by atoms with van der Waals surface area (Å²) < 4.78 is 30.0. The minimum absolute atomic E-state index is 0.00882. The summed E-state index contributed by atoms with van der Waals surface area (Å²) >= 11 is 0. The first-order valence-corrected chi connectivity index (χ1v) is 23.6. The molecule has 0 amide bonds. The molecule has 1 N–H and O–H groups in total. The summed E-state index contributed by atoms with van der Waals surface area (Å²) in [5, 5.41) is 0.0176. The molecule has 9 nitrogen and oxygen atoms in total. The lowest BCUT2D eigenvalue weighted by molar-refractivity contribution is -0.0470. The van der Waals surface area contributed by atoms with Crippen molar-refractivity contribution in [1.29, 1.82) is 0 Å². The number of hydrogen-bond acceptors (Lipinski definition) is 7. The zero-order chi connectivity index (χ0) is 31.6. The third kappa shape index (κ3) is 6.99. The molecule has 1 aliphatic heterocycles. The van der Waals surface area contributed by atoms with Crippen LogP contribution in [-0.4, -0.2) is 69.4 Å². The molecule has 4 atom stereocenters. The van der Waals surface area contributed by atoms with E-state index in [1.807, 2.05) is 4.57 Å². The predicted octanol–water partition coefficient (Wildman–Crippen LogP) is 7.13. The molecule has 0 saturated carbocycles. The van der Waals surface area contributed by atoms with Crippen molar-refractivity contribution in [2.45, 2.75) is 148 Å². The Morgan fingerprint density at radius 2 is 1.34 bits per heavy atom. The summed E-state index contributed by atoms with van der Waals surface area (Å²) in [6, 6.07) is 0. The van der Waals surface area contributed by atoms with E-state index < -0.39 is 37.3 Å². The van der Waals surface area contributed by atoms with Crippen LogP contribution < -0.4 is 5.56 Å². The van der Waals surface area contributed by atoms with Crippen LogP contribution in [0.1, 0.15) is 74.4 Å². The molecule has 0 aromatic carbocycles. The van der Waals surface area contributed by atoms with Crippen LogP contribution in [0.5, 0.6) is 0 Å². The SMILES string of the molecule is Cc1nc2c(ncn2[C@@H]2O[C@H](CO[Si](C)(C)C(C)(C)C)[C@@H](O[Si](C)(C)C(C)(C)C)[C@H]2O[Si](C)(C)C(C)(C)C)c(=O)[nH]1. The summed E-state index contributed by atoms with van der Waals surface area (Å²) in [7, 11) is -6.63. The second kappa shape index (κ2) is 11.1. The molecule has 0 aliphatic carbocycles. The number of aromatic amines is 1. The zero-order valence-electron chi connectivity index (χ0n) is 28.5. The number of hydrogen-bond donors (Lipinski definition) is 1. The summed E-state index contributed by atoms with van der Waals surface area (Å²) in [6.07, 6.45) is -0.0826. The van der Waals surface area contributed by atoms with Crippen LogP contribution in [0.3, 0.4) is 0 Å². The number of ether oxygens (including phenoxy) is 1. The van der Waals surface area contributed by atoms with E-state index in [1.54, 1.807) is 13.3 Å². The highest BCUT2D eigenvalue weighted by Gasteiger charge is 2.55. The van der Waals surface area contributed by atoms with E-state index in [4.69, 9.17) is 18.0 Å². The molecule has 1 fully saturated rings. The number of H-pyrrole nitrogens is 1. The van der Waals surface area contributed by atoms with Crippen molar-refractivity contribution < 1.29 is 18.0 Å². The monoisotopic (exact) mass is 624 g/mol. The van der Waals surface area contributed by atoms with Crippen LogP contribution in [0.25, 0.3) is 11.2 Å². The Bertz CT molecular complexity index is 1280. The van der Waals surface area contributed by atoms with Crippen molar-refractivity contribution >= 4 is 36.1 Å². The Hall–Kier alpha value is -1.16. The van der Waals surface area contributed by atoms with Crippen molar-refractivity contribution in [2.75, 3.05) is 6.61 Å². The molecule has 234 valence electrons. The molecule has 1 aliphatic rings. The van der Waals surface area contributed by atoms with Gasteiger partial charge < -0.3 is 23.0 Å². The molecular weight excluding hydrogens is 569 g/mol. The highest BCUT2D eigenvalue weighted by molar-refractivity contribution is 6.75. The number of aromatic nitrogens is 4. The highest BCUT2D eigenvalue weighted by Crippen LogP contribution is 2.46. The fourth-order valence-electron chi connectivity index (χ4n) is 4.10. The molecule has 1 saturated heterocycles. The first-order valence-electron chi connectivity index (χ1n) is 14.9. The van der Waals surface area contributed by atoms with Gasteiger partial charge in [0, 0.05) is 0 Å². The number of aryl methyl sites for hydroxylation is 1. The van der Waals surface area contributed by atoms with Crippen LogP contribution in [-0.2, 0) is 18.0 Å². The van der Waals surface area contributed by atoms with Crippen LogP contribution in [0.2, 0.25) is 54.4 Å². The van der Waals surface area contributed by atoms with Gasteiger partial charge in [-0.2, -0.15) is 0 Å². The first-order chi connectivity index (χ1) is 18.3. The van der Waals surface area contributed by atoms with E-state index in [0.717, 1.165) is 0 Å². The summed E-state index contributed by atoms with van der Waals surface area (Å²) in [6.45, 7) is 35.9. The van der Waals surface area contributed by atoms with E-state index in [0.29, 0.717) is 18.1 Å². The fourth-order valence-corrected chi connectivity index (χ4v) is 7.72. The fraction of sp³-hybridized carbons (Fsp3) is 0.828. The maximum absolute atomic E-state index is 12.7. The van der Waals surface area contributed by atoms with Crippen molar-refractivity contribution in [1.82, 2.24) is 19.5 Å². The zero-order valence-corrected chi connectivity index (χ0v) is 31.5. The predicted molar refractivity (Wildman–Crippen MR) is 174 cm³/mol. The van der Waals surface area contributed by atoms with E-state index in [-0.39, 0.29) is 38.4 Å². The van der Waals surface area contributed by atoms with Crippen molar-refractivity contribution in [3.8, 4) is 0 Å². The molecule has 0 unspecified atom stereocenters. The maximum Gasteiger partial charge on any atom is 0.279 e. The molecule has 0 radical (unpaired) electrons. The number of imidazole rings is 1. The van der Waals surface area contributed by atoms with Crippen molar-refractivity contribution in [2.24, 2.45) is 0 Å². The lowest BCUT2D eigenvalue weighted by Gasteiger charge is -2.44. The standard InChI is InChI=1S/C29H56N4O5Si3/c1-19-31-24-21(25(34)32-19)30-18-33(24)26-23(38-41(15,16)29(8,9)10)22(37-40(13,14)28(5,6)7)20(36-26)17-35-39(11,12)27(2,3)4/h18,20,22-23,26H,17H2,1-16H3,(H,31,32,34)/t20-,22-,23-,26-/m1/s1. The minimum atomic E-state index is -2.29. The molecule has 12 heteroatoms. The van der Waals surface area contributed by atoms with Gasteiger partial charge >= 0.3 is 0 Å². The Labute approximate surface area is 250 Å². The van der Waals surface area contributed by atoms with Crippen LogP contribution >= 0.6 is 0 Å². The van der Waals surface area contributed by atoms with Gasteiger partial charge in [-0.05, 0) is 61.3 Å². The number of fused-ring (bicyclic) bond motifs is 1. The molecule has 0 spiro atoms. The summed E-state index contributed by atoms with van der Waals surface area (Å²) in [5.74, 6) is 0.524. The quantitative estimate of drug-likeness (QED) is 0.312. The van der Waals surface area contributed by atoms with E-state index in [9.17, 15) is 4.79 Å². The minimum Gasteiger partial charge on any atom is -0.414 e. The van der Waals surface area contributed by atoms with Crippen molar-refractivity contribution in [3.05, 3.63) is 22.5 Å². The first kappa shape index (κ1) is 34.3. The third-order valence-corrected chi connectivity index (χ3v) is 23.4. The molecule has 41 heavy (non-hydrogen) atoms. The van der Waals surface area contributed by atoms with E-state index in [1.165, 1.54) is 0 Å². The van der Waals surface area contributed by atoms with E-state index >= 15 is 0 Å². The normalized spacial score (nSPS) is 23.5. The Kier molecular flexibility index (Phi) is 9.28. The van der Waals surface area contributed by atoms with Crippen LogP contribution in [0.4, 0.5) is 0 Å². The Morgan fingerprint density at radius 3 is 1.83 bits per heavy atom. The van der Waals surface area contributed by atoms with E-state index in [2.05, 4.69) is 117 Å². The molecule has 0 bridgehead atoms. The van der Waals surface area contributed by atoms with Gasteiger partial charge in [-0.25, -0.2) is 9.97 Å². The van der Waals surface area contributed by atoms with Gasteiger partial charge in [-0.3, -0.25) is 9.36 Å². The molecule has 2 aromatic rings. The Balaban J connectivity index is 2.18. The van der Waals surface area contributed by atoms with Gasteiger partial charge in [-0.15, -0.1) is 0 Å². The van der Waals surface area contributed by atoms with Gasteiger partial charge in [0.25, 0.3) is 5.56 Å². The van der Waals surface area contributed by atoms with Gasteiger partial charge in [0.1, 0.15) is 24.1 Å². The summed E-state index contributed by atoms with van der Waals surface area (Å²) in [4.78, 5) is 24.6. The second-order valence-corrected chi connectivity index (χ2v) is 30.6. The maximum atomic E-state index is 12.7. The van der Waals surface area contributed by atoms with Gasteiger partial charge in [0.05, 0.1) is 12.9 Å². The lowest BCUT2D eigenvalue weighted by Crippen LogP contribution is -2.54. The smallest absolute Gasteiger partial charge is 0.279 e. The average Bonchev–Trinajstić information content (AvgIpc) is 3.31. The average molecular weight is 625 g/mol. The van der Waals surface area contributed by atoms with Gasteiger partial charge in [-0.1, -0.05) is 62.3 Å². The number of nitrogens with zero attached hydrogens (tertiary/aromatic N) is 3. The van der Waals surface area contributed by atoms with Crippen LogP contribution in [0.15, 0.2) is 11.1 Å². The number of rotatable bonds is 8. The summed E-state index contributed by atoms with van der Waals surface area (Å²) in [5.41, 5.74) is 0.503. The van der Waals surface area contributed by atoms with Gasteiger partial charge in [0.15, 0.2) is 42.3 Å². The van der Waals surface area contributed by atoms with Gasteiger partial charge in [0.2, 0.25) is 0 Å².